The van der Waals surface area contributed by atoms with Crippen molar-refractivity contribution in [2.75, 3.05) is 7.05 Å². The zero-order valence-corrected chi connectivity index (χ0v) is 13.1. The first-order valence-electron chi connectivity index (χ1n) is 7.39. The van der Waals surface area contributed by atoms with E-state index in [9.17, 15) is 4.79 Å². The van der Waals surface area contributed by atoms with E-state index in [4.69, 9.17) is 0 Å². The van der Waals surface area contributed by atoms with Crippen molar-refractivity contribution in [1.82, 2.24) is 9.88 Å². The first-order chi connectivity index (χ1) is 9.20. The molecule has 0 spiro atoms. The van der Waals surface area contributed by atoms with Crippen molar-refractivity contribution in [3.8, 4) is 0 Å². The third-order valence-electron chi connectivity index (χ3n) is 2.85. The van der Waals surface area contributed by atoms with Crippen LogP contribution in [0.4, 0.5) is 0 Å². The molecule has 0 unspecified atom stereocenters. The Morgan fingerprint density at radius 3 is 2.26 bits per heavy atom. The minimum atomic E-state index is 0.0769. The molecular formula is C16H28N2O. The van der Waals surface area contributed by atoms with E-state index in [-0.39, 0.29) is 5.91 Å². The van der Waals surface area contributed by atoms with Crippen molar-refractivity contribution in [2.45, 2.75) is 59.9 Å². The van der Waals surface area contributed by atoms with Gasteiger partial charge in [-0.3, -0.25) is 9.78 Å². The van der Waals surface area contributed by atoms with E-state index in [1.807, 2.05) is 19.9 Å². The van der Waals surface area contributed by atoms with Crippen LogP contribution in [-0.2, 0) is 6.54 Å². The number of aromatic nitrogens is 1. The summed E-state index contributed by atoms with van der Waals surface area (Å²) in [6, 6.07) is 1.89. The van der Waals surface area contributed by atoms with Gasteiger partial charge in [-0.25, -0.2) is 0 Å². The summed E-state index contributed by atoms with van der Waals surface area (Å²) in [5.74, 6) is 0.0769. The Balaban J connectivity index is 0.000000350. The third kappa shape index (κ3) is 5.86. The predicted molar refractivity (Wildman–Crippen MR) is 81.2 cm³/mol. The zero-order chi connectivity index (χ0) is 14.7. The van der Waals surface area contributed by atoms with Gasteiger partial charge in [0.05, 0.1) is 5.56 Å². The van der Waals surface area contributed by atoms with Gasteiger partial charge >= 0.3 is 0 Å². The number of rotatable bonds is 3. The van der Waals surface area contributed by atoms with Crippen LogP contribution in [0.25, 0.3) is 0 Å². The topological polar surface area (TPSA) is 33.2 Å². The van der Waals surface area contributed by atoms with Gasteiger partial charge in [0.2, 0.25) is 0 Å². The van der Waals surface area contributed by atoms with Gasteiger partial charge in [-0.1, -0.05) is 53.4 Å². The molecule has 108 valence electrons. The number of nitrogens with zero attached hydrogens (tertiary/aromatic N) is 2. The number of unbranched alkanes of at least 4 members (excludes halogenated alkanes) is 3. The van der Waals surface area contributed by atoms with Gasteiger partial charge < -0.3 is 4.90 Å². The molecule has 0 N–H and O–H groups in total. The fourth-order valence-electron chi connectivity index (χ4n) is 1.79. The van der Waals surface area contributed by atoms with Gasteiger partial charge in [-0.15, -0.1) is 0 Å². The lowest BCUT2D eigenvalue weighted by atomic mass is 10.2. The van der Waals surface area contributed by atoms with E-state index < -0.39 is 0 Å². The lowest BCUT2D eigenvalue weighted by Gasteiger charge is -2.04. The van der Waals surface area contributed by atoms with E-state index in [1.54, 1.807) is 24.3 Å². The summed E-state index contributed by atoms with van der Waals surface area (Å²) in [4.78, 5) is 16.9. The maximum absolute atomic E-state index is 11.3. The molecule has 1 aromatic rings. The average Bonchev–Trinajstić information content (AvgIpc) is 2.75. The number of carbonyl (C=O) groups excluding carboxylic acids is 1. The average molecular weight is 264 g/mol. The Morgan fingerprint density at radius 1 is 1.21 bits per heavy atom. The van der Waals surface area contributed by atoms with Crippen LogP contribution in [0.3, 0.4) is 0 Å². The van der Waals surface area contributed by atoms with Crippen molar-refractivity contribution < 1.29 is 4.79 Å². The summed E-state index contributed by atoms with van der Waals surface area (Å²) in [5.41, 5.74) is 1.82. The van der Waals surface area contributed by atoms with Crippen molar-refractivity contribution >= 4 is 5.91 Å². The molecule has 3 heteroatoms. The highest BCUT2D eigenvalue weighted by atomic mass is 16.2. The van der Waals surface area contributed by atoms with Gasteiger partial charge in [0, 0.05) is 26.0 Å². The summed E-state index contributed by atoms with van der Waals surface area (Å²) in [5, 5.41) is 0. The van der Waals surface area contributed by atoms with Gasteiger partial charge in [-0.2, -0.15) is 0 Å². The molecule has 1 aromatic heterocycles. The molecule has 1 aliphatic heterocycles. The summed E-state index contributed by atoms with van der Waals surface area (Å²) in [6.45, 7) is 9.18. The fourth-order valence-corrected chi connectivity index (χ4v) is 1.79. The molecule has 1 amide bonds. The van der Waals surface area contributed by atoms with Gasteiger partial charge in [-0.05, 0) is 11.6 Å². The fraction of sp³-hybridized carbons (Fsp3) is 0.625. The Hall–Kier alpha value is -1.38. The molecule has 0 saturated carbocycles. The quantitative estimate of drug-likeness (QED) is 0.763. The highest BCUT2D eigenvalue weighted by molar-refractivity contribution is 5.97. The summed E-state index contributed by atoms with van der Waals surface area (Å²) < 4.78 is 0. The molecule has 0 bridgehead atoms. The maximum Gasteiger partial charge on any atom is 0.255 e. The molecule has 0 radical (unpaired) electrons. The Labute approximate surface area is 118 Å². The Kier molecular flexibility index (Phi) is 9.77. The first-order valence-corrected chi connectivity index (χ1v) is 7.39. The second-order valence-electron chi connectivity index (χ2n) is 4.40. The molecule has 0 atom stereocenters. The van der Waals surface area contributed by atoms with Crippen LogP contribution < -0.4 is 0 Å². The van der Waals surface area contributed by atoms with Gasteiger partial charge in [0.15, 0.2) is 0 Å². The molecule has 2 heterocycles. The smallest absolute Gasteiger partial charge is 0.255 e. The number of pyridine rings is 1. The van der Waals surface area contributed by atoms with Crippen LogP contribution >= 0.6 is 0 Å². The van der Waals surface area contributed by atoms with E-state index in [1.165, 1.54) is 25.7 Å². The van der Waals surface area contributed by atoms with Crippen molar-refractivity contribution in [2.24, 2.45) is 0 Å². The standard InChI is InChI=1S/C8H8N2O.C6H14.C2H6/c1-10-5-6-2-3-9-4-7(6)8(10)11;1-3-5-6-4-2;1-2/h2-4H,5H2,1H3;3-6H2,1-2H3;1-2H3. The second kappa shape index (κ2) is 10.5. The first kappa shape index (κ1) is 17.6. The minimum Gasteiger partial charge on any atom is -0.337 e. The molecule has 0 aliphatic carbocycles. The summed E-state index contributed by atoms with van der Waals surface area (Å²) >= 11 is 0. The Morgan fingerprint density at radius 2 is 1.79 bits per heavy atom. The molecule has 3 nitrogen and oxygen atoms in total. The normalized spacial score (nSPS) is 12.1. The third-order valence-corrected chi connectivity index (χ3v) is 2.85. The SMILES string of the molecule is CC.CCCCCC.CN1Cc2ccncc2C1=O. The number of amides is 1. The predicted octanol–water partition coefficient (Wildman–Crippen LogP) is 4.28. The molecule has 2 rings (SSSR count). The van der Waals surface area contributed by atoms with E-state index >= 15 is 0 Å². The van der Waals surface area contributed by atoms with Crippen molar-refractivity contribution in [1.29, 1.82) is 0 Å². The highest BCUT2D eigenvalue weighted by Gasteiger charge is 2.23. The van der Waals surface area contributed by atoms with Crippen LogP contribution in [0.2, 0.25) is 0 Å². The molecule has 1 aliphatic rings. The monoisotopic (exact) mass is 264 g/mol. The largest absolute Gasteiger partial charge is 0.337 e. The molecule has 0 aromatic carbocycles. The second-order valence-corrected chi connectivity index (χ2v) is 4.40. The van der Waals surface area contributed by atoms with Crippen LogP contribution in [0.5, 0.6) is 0 Å². The number of fused-ring (bicyclic) bond motifs is 1. The van der Waals surface area contributed by atoms with E-state index in [2.05, 4.69) is 18.8 Å². The van der Waals surface area contributed by atoms with Crippen molar-refractivity contribution in [3.05, 3.63) is 29.6 Å². The molecular weight excluding hydrogens is 236 g/mol. The molecule has 19 heavy (non-hydrogen) atoms. The maximum atomic E-state index is 11.3. The zero-order valence-electron chi connectivity index (χ0n) is 13.1. The van der Waals surface area contributed by atoms with E-state index in [0.717, 1.165) is 17.7 Å². The van der Waals surface area contributed by atoms with Crippen molar-refractivity contribution in [3.63, 3.8) is 0 Å². The van der Waals surface area contributed by atoms with Crippen LogP contribution in [-0.4, -0.2) is 22.8 Å². The molecule has 0 fully saturated rings. The number of carbonyl (C=O) groups is 1. The van der Waals surface area contributed by atoms with Crippen LogP contribution in [0.15, 0.2) is 18.5 Å². The van der Waals surface area contributed by atoms with Gasteiger partial charge in [0.1, 0.15) is 0 Å². The lowest BCUT2D eigenvalue weighted by molar-refractivity contribution is 0.0816. The van der Waals surface area contributed by atoms with Gasteiger partial charge in [0.25, 0.3) is 5.91 Å². The lowest BCUT2D eigenvalue weighted by Crippen LogP contribution is -2.17. The number of hydrogen-bond donors (Lipinski definition) is 0. The van der Waals surface area contributed by atoms with Crippen LogP contribution in [0, 0.1) is 0 Å². The van der Waals surface area contributed by atoms with E-state index in [0.29, 0.717) is 0 Å². The number of hydrogen-bond acceptors (Lipinski definition) is 2. The molecule has 0 saturated heterocycles. The Bertz CT molecular complexity index is 360. The highest BCUT2D eigenvalue weighted by Crippen LogP contribution is 2.18. The van der Waals surface area contributed by atoms with Crippen LogP contribution in [0.1, 0.15) is 69.3 Å². The summed E-state index contributed by atoms with van der Waals surface area (Å²) in [6.07, 6.45) is 8.88. The minimum absolute atomic E-state index is 0.0769. The summed E-state index contributed by atoms with van der Waals surface area (Å²) in [7, 11) is 1.79.